The van der Waals surface area contributed by atoms with Crippen molar-refractivity contribution in [2.75, 3.05) is 11.9 Å². The predicted octanol–water partition coefficient (Wildman–Crippen LogP) is 4.65. The topological polar surface area (TPSA) is 62.1 Å². The lowest BCUT2D eigenvalue weighted by Gasteiger charge is -2.08. The Kier molecular flexibility index (Phi) is 5.05. The number of amides is 1. The average molecular weight is 456 g/mol. The van der Waals surface area contributed by atoms with Gasteiger partial charge in [0.25, 0.3) is 5.91 Å². The average Bonchev–Trinajstić information content (AvgIpc) is 3.06. The van der Waals surface area contributed by atoms with Gasteiger partial charge in [-0.3, -0.25) is 4.79 Å². The Morgan fingerprint density at radius 3 is 2.96 bits per heavy atom. The molecule has 0 spiro atoms. The molecule has 1 amide bonds. The number of nitrogens with zero attached hydrogens (tertiary/aromatic N) is 1. The van der Waals surface area contributed by atoms with Gasteiger partial charge in [0.1, 0.15) is 16.8 Å². The first kappa shape index (κ1) is 16.5. The summed E-state index contributed by atoms with van der Waals surface area (Å²) in [6.45, 7) is -0.104. The monoisotopic (exact) mass is 454 g/mol. The van der Waals surface area contributed by atoms with Crippen molar-refractivity contribution < 1.29 is 9.53 Å². The number of halogens is 2. The van der Waals surface area contributed by atoms with Crippen LogP contribution in [-0.4, -0.2) is 12.5 Å². The van der Waals surface area contributed by atoms with E-state index in [-0.39, 0.29) is 12.5 Å². The Balaban J connectivity index is 1.65. The first-order valence-electron chi connectivity index (χ1n) is 7.01. The van der Waals surface area contributed by atoms with Crippen molar-refractivity contribution >= 4 is 54.1 Å². The molecule has 2 aromatic rings. The molecule has 0 saturated heterocycles. The van der Waals surface area contributed by atoms with Gasteiger partial charge >= 0.3 is 0 Å². The molecule has 1 heterocycles. The van der Waals surface area contributed by atoms with Crippen molar-refractivity contribution in [3.63, 3.8) is 0 Å². The van der Waals surface area contributed by atoms with E-state index in [4.69, 9.17) is 4.74 Å². The van der Waals surface area contributed by atoms with Crippen molar-refractivity contribution in [2.45, 2.75) is 19.3 Å². The fraction of sp³-hybridized carbons (Fsp3) is 0.250. The number of thiophene rings is 1. The van der Waals surface area contributed by atoms with Gasteiger partial charge in [-0.25, -0.2) is 0 Å². The zero-order valence-electron chi connectivity index (χ0n) is 12.0. The second kappa shape index (κ2) is 7.04. The van der Waals surface area contributed by atoms with Crippen LogP contribution in [0.4, 0.5) is 5.00 Å². The molecule has 0 unspecified atom stereocenters. The highest BCUT2D eigenvalue weighted by molar-refractivity contribution is 9.11. The van der Waals surface area contributed by atoms with Gasteiger partial charge in [0, 0.05) is 9.35 Å². The van der Waals surface area contributed by atoms with Gasteiger partial charge in [0.2, 0.25) is 0 Å². The molecule has 3 rings (SSSR count). The Morgan fingerprint density at radius 1 is 1.39 bits per heavy atom. The molecule has 4 nitrogen and oxygen atoms in total. The number of aryl methyl sites for hydroxylation is 1. The molecule has 0 saturated carbocycles. The molecule has 1 aromatic heterocycles. The van der Waals surface area contributed by atoms with Crippen LogP contribution in [0.15, 0.2) is 27.1 Å². The van der Waals surface area contributed by atoms with Gasteiger partial charge < -0.3 is 10.1 Å². The first-order valence-corrected chi connectivity index (χ1v) is 9.41. The van der Waals surface area contributed by atoms with Crippen LogP contribution in [0.5, 0.6) is 5.75 Å². The minimum absolute atomic E-state index is 0.104. The number of anilines is 1. The molecule has 1 aliphatic carbocycles. The molecular weight excluding hydrogens is 444 g/mol. The summed E-state index contributed by atoms with van der Waals surface area (Å²) in [6.07, 6.45) is 3.00. The SMILES string of the molecule is N#Cc1c(NC(=O)COc2ccc(Br)cc2Br)sc2c1CCC2. The number of hydrogen-bond donors (Lipinski definition) is 1. The smallest absolute Gasteiger partial charge is 0.262 e. The summed E-state index contributed by atoms with van der Waals surface area (Å²) in [6, 6.07) is 7.69. The molecule has 1 aliphatic rings. The van der Waals surface area contributed by atoms with E-state index < -0.39 is 0 Å². The summed E-state index contributed by atoms with van der Waals surface area (Å²) in [5.41, 5.74) is 1.71. The molecule has 7 heteroatoms. The van der Waals surface area contributed by atoms with Gasteiger partial charge in [-0.2, -0.15) is 5.26 Å². The quantitative estimate of drug-likeness (QED) is 0.729. The maximum Gasteiger partial charge on any atom is 0.262 e. The maximum absolute atomic E-state index is 12.1. The first-order chi connectivity index (χ1) is 11.1. The summed E-state index contributed by atoms with van der Waals surface area (Å²) >= 11 is 8.26. The van der Waals surface area contributed by atoms with Crippen LogP contribution in [0, 0.1) is 11.3 Å². The molecule has 23 heavy (non-hydrogen) atoms. The van der Waals surface area contributed by atoms with E-state index >= 15 is 0 Å². The van der Waals surface area contributed by atoms with Gasteiger partial charge in [-0.1, -0.05) is 15.9 Å². The lowest BCUT2D eigenvalue weighted by Crippen LogP contribution is -2.20. The van der Waals surface area contributed by atoms with E-state index in [1.54, 1.807) is 6.07 Å². The van der Waals surface area contributed by atoms with Crippen molar-refractivity contribution in [1.29, 1.82) is 5.26 Å². The Bertz CT molecular complexity index is 811. The number of hydrogen-bond acceptors (Lipinski definition) is 4. The Labute approximate surface area is 154 Å². The highest BCUT2D eigenvalue weighted by Crippen LogP contribution is 2.38. The number of carbonyl (C=O) groups excluding carboxylic acids is 1. The number of rotatable bonds is 4. The fourth-order valence-corrected chi connectivity index (χ4v) is 4.93. The number of fused-ring (bicyclic) bond motifs is 1. The summed E-state index contributed by atoms with van der Waals surface area (Å²) < 4.78 is 7.21. The van der Waals surface area contributed by atoms with Gasteiger partial charge in [-0.05, 0) is 59.0 Å². The lowest BCUT2D eigenvalue weighted by molar-refractivity contribution is -0.118. The molecular formula is C16H12Br2N2O2S. The van der Waals surface area contributed by atoms with Crippen LogP contribution >= 0.6 is 43.2 Å². The zero-order chi connectivity index (χ0) is 16.4. The van der Waals surface area contributed by atoms with Gasteiger partial charge in [-0.15, -0.1) is 11.3 Å². The largest absolute Gasteiger partial charge is 0.483 e. The highest BCUT2D eigenvalue weighted by Gasteiger charge is 2.23. The van der Waals surface area contributed by atoms with Crippen LogP contribution in [0.25, 0.3) is 0 Å². The second-order valence-electron chi connectivity index (χ2n) is 5.08. The fourth-order valence-electron chi connectivity index (χ4n) is 2.51. The minimum atomic E-state index is -0.267. The van der Waals surface area contributed by atoms with Gasteiger partial charge in [0.15, 0.2) is 6.61 Å². The Hall–Kier alpha value is -1.36. The van der Waals surface area contributed by atoms with Gasteiger partial charge in [0.05, 0.1) is 10.0 Å². The number of carbonyl (C=O) groups is 1. The van der Waals surface area contributed by atoms with E-state index in [1.165, 1.54) is 16.2 Å². The number of nitrogens with one attached hydrogen (secondary N) is 1. The predicted molar refractivity (Wildman–Crippen MR) is 97.0 cm³/mol. The summed E-state index contributed by atoms with van der Waals surface area (Å²) in [5.74, 6) is 0.328. The maximum atomic E-state index is 12.1. The summed E-state index contributed by atoms with van der Waals surface area (Å²) in [4.78, 5) is 13.3. The Morgan fingerprint density at radius 2 is 2.22 bits per heavy atom. The van der Waals surface area contributed by atoms with Crippen molar-refractivity contribution in [3.05, 3.63) is 43.1 Å². The van der Waals surface area contributed by atoms with Crippen LogP contribution in [-0.2, 0) is 17.6 Å². The molecule has 0 aliphatic heterocycles. The normalized spacial score (nSPS) is 12.6. The van der Waals surface area contributed by atoms with Crippen molar-refractivity contribution in [3.8, 4) is 11.8 Å². The van der Waals surface area contributed by atoms with Crippen LogP contribution in [0.1, 0.15) is 22.4 Å². The molecule has 118 valence electrons. The van der Waals surface area contributed by atoms with E-state index in [1.807, 2.05) is 12.1 Å². The number of benzene rings is 1. The molecule has 0 atom stereocenters. The lowest BCUT2D eigenvalue weighted by atomic mass is 10.1. The molecule has 0 fully saturated rings. The van der Waals surface area contributed by atoms with Crippen molar-refractivity contribution in [1.82, 2.24) is 0 Å². The van der Waals surface area contributed by atoms with Crippen LogP contribution < -0.4 is 10.1 Å². The van der Waals surface area contributed by atoms with E-state index in [2.05, 4.69) is 43.2 Å². The summed E-state index contributed by atoms with van der Waals surface area (Å²) in [5, 5.41) is 12.8. The third-order valence-electron chi connectivity index (χ3n) is 3.54. The molecule has 0 radical (unpaired) electrons. The van der Waals surface area contributed by atoms with Crippen LogP contribution in [0.2, 0.25) is 0 Å². The molecule has 1 aromatic carbocycles. The van der Waals surface area contributed by atoms with E-state index in [0.717, 1.165) is 33.8 Å². The molecule has 0 bridgehead atoms. The van der Waals surface area contributed by atoms with Crippen molar-refractivity contribution in [2.24, 2.45) is 0 Å². The molecule has 1 N–H and O–H groups in total. The van der Waals surface area contributed by atoms with Crippen LogP contribution in [0.3, 0.4) is 0 Å². The van der Waals surface area contributed by atoms with E-state index in [0.29, 0.717) is 16.3 Å². The zero-order valence-corrected chi connectivity index (χ0v) is 16.0. The number of nitriles is 1. The third kappa shape index (κ3) is 3.60. The standard InChI is InChI=1S/C16H12Br2N2O2S/c17-9-4-5-13(12(18)6-9)22-8-15(21)20-16-11(7-19)10-2-1-3-14(10)23-16/h4-6H,1-3,8H2,(H,20,21). The third-order valence-corrected chi connectivity index (χ3v) is 5.86. The van der Waals surface area contributed by atoms with E-state index in [9.17, 15) is 10.1 Å². The minimum Gasteiger partial charge on any atom is -0.483 e. The second-order valence-corrected chi connectivity index (χ2v) is 7.96. The summed E-state index contributed by atoms with van der Waals surface area (Å²) in [7, 11) is 0. The number of ether oxygens (including phenoxy) is 1. The highest BCUT2D eigenvalue weighted by atomic mass is 79.9.